The third kappa shape index (κ3) is 6.49. The topological polar surface area (TPSA) is 82.4 Å². The molecule has 0 saturated carbocycles. The number of methoxy groups -OCH3 is 2. The maximum absolute atomic E-state index is 14.5. The molecular formula is C38H43N3O5S. The van der Waals surface area contributed by atoms with Crippen molar-refractivity contribution < 1.29 is 19.0 Å². The molecular weight excluding hydrogens is 611 g/mol. The first-order valence-electron chi connectivity index (χ1n) is 16.1. The second kappa shape index (κ2) is 14.4. The van der Waals surface area contributed by atoms with Crippen LogP contribution in [0.2, 0.25) is 0 Å². The van der Waals surface area contributed by atoms with Crippen LogP contribution in [0.15, 0.2) is 76.0 Å². The maximum Gasteiger partial charge on any atom is 0.338 e. The van der Waals surface area contributed by atoms with E-state index in [0.29, 0.717) is 26.4 Å². The third-order valence-corrected chi connectivity index (χ3v) is 9.52. The standard InChI is InChI=1S/C38H43N3O5S/c1-9-40(10-2)27-18-17-26(30(21-27)44-7)20-32-36(42)41-35(29-22-28(23(4)5)31(45-8)19-24(29)6)33(37(43)46-11-3)34(39-38(41)47-32)25-15-13-12-14-16-25/h12-23,35H,9-11H2,1-8H3/b32-20-/t35-/m1/s1. The monoisotopic (exact) mass is 653 g/mol. The number of hydrogen-bond acceptors (Lipinski definition) is 8. The van der Waals surface area contributed by atoms with Gasteiger partial charge in [0.1, 0.15) is 11.5 Å². The van der Waals surface area contributed by atoms with Gasteiger partial charge in [0.2, 0.25) is 0 Å². The van der Waals surface area contributed by atoms with Crippen molar-refractivity contribution in [2.75, 3.05) is 38.8 Å². The van der Waals surface area contributed by atoms with Crippen LogP contribution >= 0.6 is 11.3 Å². The fourth-order valence-electron chi connectivity index (χ4n) is 6.12. The molecule has 0 fully saturated rings. The molecule has 0 amide bonds. The summed E-state index contributed by atoms with van der Waals surface area (Å²) in [5.41, 5.74) is 5.84. The summed E-state index contributed by atoms with van der Waals surface area (Å²) in [4.78, 5) is 36.2. The first-order chi connectivity index (χ1) is 22.7. The number of benzene rings is 3. The van der Waals surface area contributed by atoms with Crippen LogP contribution in [0.1, 0.15) is 74.4 Å². The van der Waals surface area contributed by atoms with Crippen molar-refractivity contribution in [1.82, 2.24) is 4.57 Å². The second-order valence-corrected chi connectivity index (χ2v) is 12.6. The molecule has 2 heterocycles. The van der Waals surface area contributed by atoms with Gasteiger partial charge in [0.05, 0.1) is 42.7 Å². The molecule has 47 heavy (non-hydrogen) atoms. The Labute approximate surface area is 280 Å². The van der Waals surface area contributed by atoms with Crippen LogP contribution in [0.3, 0.4) is 0 Å². The Morgan fingerprint density at radius 3 is 2.32 bits per heavy atom. The molecule has 3 aromatic carbocycles. The fourth-order valence-corrected chi connectivity index (χ4v) is 7.11. The van der Waals surface area contributed by atoms with E-state index in [9.17, 15) is 9.59 Å². The Morgan fingerprint density at radius 2 is 1.70 bits per heavy atom. The highest BCUT2D eigenvalue weighted by molar-refractivity contribution is 7.07. The number of esters is 1. The minimum Gasteiger partial charge on any atom is -0.496 e. The number of fused-ring (bicyclic) bond motifs is 1. The molecule has 0 saturated heterocycles. The first kappa shape index (κ1) is 33.7. The molecule has 0 aliphatic carbocycles. The van der Waals surface area contributed by atoms with E-state index >= 15 is 0 Å². The van der Waals surface area contributed by atoms with Gasteiger partial charge in [-0.25, -0.2) is 9.79 Å². The van der Waals surface area contributed by atoms with Crippen LogP contribution in [0.4, 0.5) is 5.69 Å². The zero-order valence-electron chi connectivity index (χ0n) is 28.4. The number of carbonyl (C=O) groups is 1. The van der Waals surface area contributed by atoms with Crippen molar-refractivity contribution in [1.29, 1.82) is 0 Å². The van der Waals surface area contributed by atoms with Gasteiger partial charge >= 0.3 is 5.97 Å². The molecule has 1 aliphatic rings. The van der Waals surface area contributed by atoms with Crippen LogP contribution in [-0.4, -0.2) is 44.5 Å². The summed E-state index contributed by atoms with van der Waals surface area (Å²) in [6.07, 6.45) is 1.85. The van der Waals surface area contributed by atoms with Crippen LogP contribution in [0, 0.1) is 6.92 Å². The minimum atomic E-state index is -0.780. The zero-order chi connectivity index (χ0) is 33.8. The van der Waals surface area contributed by atoms with Gasteiger partial charge in [-0.05, 0) is 80.6 Å². The zero-order valence-corrected chi connectivity index (χ0v) is 29.2. The number of nitrogens with zero attached hydrogens (tertiary/aromatic N) is 3. The summed E-state index contributed by atoms with van der Waals surface area (Å²) in [5.74, 6) is 1.06. The predicted molar refractivity (Wildman–Crippen MR) is 189 cm³/mol. The van der Waals surface area contributed by atoms with Gasteiger partial charge in [-0.3, -0.25) is 9.36 Å². The number of aromatic nitrogens is 1. The van der Waals surface area contributed by atoms with Crippen LogP contribution < -0.4 is 29.3 Å². The van der Waals surface area contributed by atoms with Crippen molar-refractivity contribution >= 4 is 34.8 Å². The summed E-state index contributed by atoms with van der Waals surface area (Å²) >= 11 is 1.29. The number of aryl methyl sites for hydroxylation is 1. The molecule has 8 nitrogen and oxygen atoms in total. The molecule has 0 spiro atoms. The highest BCUT2D eigenvalue weighted by atomic mass is 32.1. The summed E-state index contributed by atoms with van der Waals surface area (Å²) < 4.78 is 19.3. The number of hydrogen-bond donors (Lipinski definition) is 0. The summed E-state index contributed by atoms with van der Waals surface area (Å²) in [6.45, 7) is 14.1. The van der Waals surface area contributed by atoms with Gasteiger partial charge < -0.3 is 19.1 Å². The molecule has 0 N–H and O–H groups in total. The van der Waals surface area contributed by atoms with E-state index in [2.05, 4.69) is 38.7 Å². The molecule has 246 valence electrons. The second-order valence-electron chi connectivity index (χ2n) is 11.6. The lowest BCUT2D eigenvalue weighted by molar-refractivity contribution is -0.138. The van der Waals surface area contributed by atoms with Crippen molar-refractivity contribution in [2.45, 2.75) is 53.5 Å². The Kier molecular flexibility index (Phi) is 10.3. The lowest BCUT2D eigenvalue weighted by Gasteiger charge is -2.28. The highest BCUT2D eigenvalue weighted by Gasteiger charge is 2.36. The molecule has 0 radical (unpaired) electrons. The number of thiazole rings is 1. The quantitative estimate of drug-likeness (QED) is 0.179. The molecule has 1 aromatic heterocycles. The Bertz CT molecular complexity index is 1990. The van der Waals surface area contributed by atoms with E-state index in [4.69, 9.17) is 19.2 Å². The molecule has 1 aliphatic heterocycles. The van der Waals surface area contributed by atoms with E-state index in [1.165, 1.54) is 11.3 Å². The van der Waals surface area contributed by atoms with Crippen LogP contribution in [0.5, 0.6) is 11.5 Å². The minimum absolute atomic E-state index is 0.135. The lowest BCUT2D eigenvalue weighted by atomic mass is 9.87. The van der Waals surface area contributed by atoms with Crippen molar-refractivity contribution in [2.24, 2.45) is 4.99 Å². The van der Waals surface area contributed by atoms with Crippen molar-refractivity contribution in [3.63, 3.8) is 0 Å². The summed E-state index contributed by atoms with van der Waals surface area (Å²) in [7, 11) is 3.29. The number of ether oxygens (including phenoxy) is 3. The third-order valence-electron chi connectivity index (χ3n) is 8.54. The lowest BCUT2D eigenvalue weighted by Crippen LogP contribution is -2.40. The van der Waals surface area contributed by atoms with E-state index in [1.54, 1.807) is 25.7 Å². The fraction of sp³-hybridized carbons (Fsp3) is 0.342. The van der Waals surface area contributed by atoms with E-state index in [0.717, 1.165) is 52.3 Å². The molecule has 0 unspecified atom stereocenters. The molecule has 5 rings (SSSR count). The van der Waals surface area contributed by atoms with Gasteiger partial charge in [0, 0.05) is 36.0 Å². The van der Waals surface area contributed by atoms with Gasteiger partial charge in [-0.2, -0.15) is 0 Å². The van der Waals surface area contributed by atoms with Crippen LogP contribution in [0.25, 0.3) is 11.8 Å². The Hall–Kier alpha value is -4.63. The van der Waals surface area contributed by atoms with E-state index in [1.807, 2.05) is 67.6 Å². The molecule has 9 heteroatoms. The molecule has 0 bridgehead atoms. The Balaban J connectivity index is 1.84. The SMILES string of the molecule is CCOC(=O)C1=C(c2ccccc2)N=c2s/c(=C\c3ccc(N(CC)CC)cc3OC)c(=O)n2[C@@H]1c1cc(C(C)C)c(OC)cc1C. The van der Waals surface area contributed by atoms with Crippen molar-refractivity contribution in [3.05, 3.63) is 114 Å². The maximum atomic E-state index is 14.5. The van der Waals surface area contributed by atoms with E-state index < -0.39 is 12.0 Å². The summed E-state index contributed by atoms with van der Waals surface area (Å²) in [5, 5.41) is 0. The van der Waals surface area contributed by atoms with Gasteiger partial charge in [-0.15, -0.1) is 0 Å². The molecule has 1 atom stereocenters. The number of carbonyl (C=O) groups excluding carboxylic acids is 1. The van der Waals surface area contributed by atoms with Gasteiger partial charge in [-0.1, -0.05) is 55.5 Å². The number of rotatable bonds is 11. The van der Waals surface area contributed by atoms with Gasteiger partial charge in [0.15, 0.2) is 4.80 Å². The summed E-state index contributed by atoms with van der Waals surface area (Å²) in [6, 6.07) is 18.9. The average molecular weight is 654 g/mol. The van der Waals surface area contributed by atoms with E-state index in [-0.39, 0.29) is 18.1 Å². The smallest absolute Gasteiger partial charge is 0.338 e. The Morgan fingerprint density at radius 1 is 1.00 bits per heavy atom. The first-order valence-corrected chi connectivity index (χ1v) is 16.9. The predicted octanol–water partition coefficient (Wildman–Crippen LogP) is 6.23. The largest absolute Gasteiger partial charge is 0.496 e. The normalized spacial score (nSPS) is 14.6. The van der Waals surface area contributed by atoms with Crippen LogP contribution in [-0.2, 0) is 9.53 Å². The van der Waals surface area contributed by atoms with Gasteiger partial charge in [0.25, 0.3) is 5.56 Å². The van der Waals surface area contributed by atoms with Crippen molar-refractivity contribution in [3.8, 4) is 11.5 Å². The number of anilines is 1. The molecule has 4 aromatic rings. The highest BCUT2D eigenvalue weighted by Crippen LogP contribution is 2.40. The average Bonchev–Trinajstić information content (AvgIpc) is 3.39.